The van der Waals surface area contributed by atoms with Crippen molar-refractivity contribution in [3.63, 3.8) is 0 Å². The number of hydrogen-bond acceptors (Lipinski definition) is 0. The molecule has 0 saturated heterocycles. The summed E-state index contributed by atoms with van der Waals surface area (Å²) in [4.78, 5) is 0. The van der Waals surface area contributed by atoms with Crippen LogP contribution in [0.4, 0.5) is 0 Å². The normalized spacial score (nSPS) is 32.3. The van der Waals surface area contributed by atoms with Crippen LogP contribution in [-0.2, 0) is 5.41 Å². The van der Waals surface area contributed by atoms with Crippen molar-refractivity contribution >= 4 is 15.9 Å². The van der Waals surface area contributed by atoms with Crippen LogP contribution in [0.1, 0.15) is 37.3 Å². The topological polar surface area (TPSA) is 0 Å². The molecule has 148 valence electrons. The highest BCUT2D eigenvalue weighted by molar-refractivity contribution is 9.10. The first-order valence-electron chi connectivity index (χ1n) is 11.4. The third kappa shape index (κ3) is 2.03. The molecule has 0 nitrogen and oxygen atoms in total. The highest BCUT2D eigenvalue weighted by Crippen LogP contribution is 2.74. The van der Waals surface area contributed by atoms with Crippen LogP contribution in [-0.4, -0.2) is 0 Å². The number of hydrogen-bond donors (Lipinski definition) is 0. The minimum absolute atomic E-state index is 0.0962. The van der Waals surface area contributed by atoms with E-state index >= 15 is 0 Å². The van der Waals surface area contributed by atoms with Crippen molar-refractivity contribution in [2.75, 3.05) is 0 Å². The van der Waals surface area contributed by atoms with Crippen LogP contribution < -0.4 is 0 Å². The van der Waals surface area contributed by atoms with Gasteiger partial charge in [0.2, 0.25) is 0 Å². The molecule has 0 heterocycles. The van der Waals surface area contributed by atoms with E-state index in [-0.39, 0.29) is 5.41 Å². The van der Waals surface area contributed by atoms with Crippen molar-refractivity contribution in [1.82, 2.24) is 0 Å². The third-order valence-corrected chi connectivity index (χ3v) is 8.97. The quantitative estimate of drug-likeness (QED) is 0.328. The van der Waals surface area contributed by atoms with E-state index in [1.807, 2.05) is 0 Å². The Morgan fingerprint density at radius 1 is 0.833 bits per heavy atom. The van der Waals surface area contributed by atoms with E-state index in [1.54, 1.807) is 16.7 Å². The number of rotatable bonds is 1. The molecule has 0 amide bonds. The molecule has 3 aromatic rings. The van der Waals surface area contributed by atoms with Crippen LogP contribution >= 0.6 is 15.9 Å². The van der Waals surface area contributed by atoms with Gasteiger partial charge in [0.05, 0.1) is 0 Å². The van der Waals surface area contributed by atoms with Crippen LogP contribution in [0.15, 0.2) is 82.9 Å². The molecule has 1 heteroatoms. The van der Waals surface area contributed by atoms with Crippen LogP contribution in [0.5, 0.6) is 0 Å². The molecule has 4 aliphatic carbocycles. The molecule has 0 N–H and O–H groups in total. The van der Waals surface area contributed by atoms with E-state index in [1.165, 1.54) is 41.5 Å². The fourth-order valence-electron chi connectivity index (χ4n) is 7.70. The van der Waals surface area contributed by atoms with E-state index in [9.17, 15) is 0 Å². The number of fused-ring (bicyclic) bond motifs is 8. The summed E-state index contributed by atoms with van der Waals surface area (Å²) in [5.41, 5.74) is 10.7. The van der Waals surface area contributed by atoms with Crippen LogP contribution in [0.25, 0.3) is 22.3 Å². The summed E-state index contributed by atoms with van der Waals surface area (Å²) in [5, 5.41) is 0. The number of allylic oxidation sites excluding steroid dienone is 2. The van der Waals surface area contributed by atoms with E-state index in [4.69, 9.17) is 0 Å². The highest BCUT2D eigenvalue weighted by atomic mass is 79.9. The second-order valence-electron chi connectivity index (χ2n) is 9.98. The Kier molecular flexibility index (Phi) is 3.50. The van der Waals surface area contributed by atoms with Gasteiger partial charge >= 0.3 is 0 Å². The summed E-state index contributed by atoms with van der Waals surface area (Å²) in [6.45, 7) is 2.44. The van der Waals surface area contributed by atoms with Gasteiger partial charge in [-0.1, -0.05) is 89.1 Å². The van der Waals surface area contributed by atoms with Crippen molar-refractivity contribution in [2.45, 2.75) is 31.6 Å². The lowest BCUT2D eigenvalue weighted by Gasteiger charge is -2.56. The lowest BCUT2D eigenvalue weighted by atomic mass is 9.46. The fraction of sp³-hybridized carbons (Fsp3) is 0.310. The molecule has 5 atom stereocenters. The number of benzene rings is 3. The SMILES string of the molecule is CC1C=C2C3CC(C1)CC3C21c2ccccc2-c2cccc(-c3cccc(Br)c3)c21. The number of halogens is 1. The molecule has 2 saturated carbocycles. The van der Waals surface area contributed by atoms with Crippen molar-refractivity contribution in [3.8, 4) is 22.3 Å². The predicted molar refractivity (Wildman–Crippen MR) is 127 cm³/mol. The summed E-state index contributed by atoms with van der Waals surface area (Å²) < 4.78 is 1.15. The maximum atomic E-state index is 3.71. The fourth-order valence-corrected chi connectivity index (χ4v) is 8.10. The summed E-state index contributed by atoms with van der Waals surface area (Å²) in [5.74, 6) is 3.16. The van der Waals surface area contributed by atoms with Gasteiger partial charge in [0.15, 0.2) is 0 Å². The van der Waals surface area contributed by atoms with Gasteiger partial charge < -0.3 is 0 Å². The summed E-state index contributed by atoms with van der Waals surface area (Å²) in [6, 6.07) is 25.1. The van der Waals surface area contributed by atoms with Crippen molar-refractivity contribution in [3.05, 3.63) is 94.0 Å². The Bertz CT molecular complexity index is 1230. The lowest BCUT2D eigenvalue weighted by Crippen LogP contribution is -2.52. The van der Waals surface area contributed by atoms with Gasteiger partial charge in [-0.15, -0.1) is 0 Å². The smallest absolute Gasteiger partial charge is 0.0466 e. The lowest BCUT2D eigenvalue weighted by molar-refractivity contribution is 0.193. The molecule has 2 bridgehead atoms. The minimum Gasteiger partial charge on any atom is -0.0809 e. The Morgan fingerprint density at radius 2 is 1.63 bits per heavy atom. The maximum Gasteiger partial charge on any atom is 0.0466 e. The Labute approximate surface area is 187 Å². The van der Waals surface area contributed by atoms with E-state index in [0.29, 0.717) is 5.92 Å². The van der Waals surface area contributed by atoms with Gasteiger partial charge in [-0.2, -0.15) is 0 Å². The van der Waals surface area contributed by atoms with Gasteiger partial charge in [-0.3, -0.25) is 0 Å². The average Bonchev–Trinajstić information content (AvgIpc) is 3.22. The Balaban J connectivity index is 1.58. The second kappa shape index (κ2) is 5.98. The van der Waals surface area contributed by atoms with Gasteiger partial charge in [0.1, 0.15) is 0 Å². The third-order valence-electron chi connectivity index (χ3n) is 8.48. The first-order valence-corrected chi connectivity index (χ1v) is 12.2. The minimum atomic E-state index is 0.0962. The zero-order valence-corrected chi connectivity index (χ0v) is 18.8. The molecular weight excluding hydrogens is 428 g/mol. The monoisotopic (exact) mass is 452 g/mol. The molecular formula is C29H25Br. The van der Waals surface area contributed by atoms with Crippen LogP contribution in [0.3, 0.4) is 0 Å². The van der Waals surface area contributed by atoms with Crippen LogP contribution in [0, 0.1) is 23.7 Å². The first kappa shape index (κ1) is 17.5. The second-order valence-corrected chi connectivity index (χ2v) is 10.9. The molecule has 2 fully saturated rings. The largest absolute Gasteiger partial charge is 0.0809 e. The Hall–Kier alpha value is -2.12. The van der Waals surface area contributed by atoms with E-state index in [2.05, 4.69) is 95.7 Å². The predicted octanol–water partition coefficient (Wildman–Crippen LogP) is 8.00. The van der Waals surface area contributed by atoms with Crippen molar-refractivity contribution in [1.29, 1.82) is 0 Å². The zero-order chi connectivity index (χ0) is 20.0. The summed E-state index contributed by atoms with van der Waals surface area (Å²) >= 11 is 3.71. The molecule has 5 unspecified atom stereocenters. The molecule has 7 rings (SSSR count). The molecule has 30 heavy (non-hydrogen) atoms. The summed E-state index contributed by atoms with van der Waals surface area (Å²) in [7, 11) is 0. The van der Waals surface area contributed by atoms with Crippen molar-refractivity contribution in [2.24, 2.45) is 23.7 Å². The molecule has 0 aromatic heterocycles. The van der Waals surface area contributed by atoms with Crippen LogP contribution in [0.2, 0.25) is 0 Å². The van der Waals surface area contributed by atoms with Gasteiger partial charge in [0.25, 0.3) is 0 Å². The first-order chi connectivity index (χ1) is 14.7. The van der Waals surface area contributed by atoms with Gasteiger partial charge in [0, 0.05) is 9.89 Å². The molecule has 3 aromatic carbocycles. The molecule has 1 spiro atoms. The molecule has 0 radical (unpaired) electrons. The van der Waals surface area contributed by atoms with Gasteiger partial charge in [-0.25, -0.2) is 0 Å². The maximum absolute atomic E-state index is 3.71. The highest BCUT2D eigenvalue weighted by Gasteiger charge is 2.66. The van der Waals surface area contributed by atoms with E-state index < -0.39 is 0 Å². The summed E-state index contributed by atoms with van der Waals surface area (Å²) in [6.07, 6.45) is 6.88. The van der Waals surface area contributed by atoms with Crippen molar-refractivity contribution < 1.29 is 0 Å². The zero-order valence-electron chi connectivity index (χ0n) is 17.2. The molecule has 4 aliphatic rings. The molecule has 0 aliphatic heterocycles. The van der Waals surface area contributed by atoms with E-state index in [0.717, 1.165) is 22.2 Å². The standard InChI is InChI=1S/C29H25Br/c1-17-12-18-14-24-26(13-17)29(27(24)15-18)25-11-3-2-8-22(25)23-10-5-9-21(28(23)29)19-6-4-7-20(30)16-19/h2-11,13,16-18,24,27H,12,14-15H2,1H3. The average molecular weight is 453 g/mol. The Morgan fingerprint density at radius 3 is 2.53 bits per heavy atom. The van der Waals surface area contributed by atoms with Gasteiger partial charge in [-0.05, 0) is 88.4 Å².